The van der Waals surface area contributed by atoms with Gasteiger partial charge in [0.2, 0.25) is 0 Å². The summed E-state index contributed by atoms with van der Waals surface area (Å²) in [5.41, 5.74) is 1.17. The van der Waals surface area contributed by atoms with E-state index in [2.05, 4.69) is 15.5 Å². The molecule has 1 aromatic rings. The summed E-state index contributed by atoms with van der Waals surface area (Å²) >= 11 is 0. The Labute approximate surface area is 75.8 Å². The smallest absolute Gasteiger partial charge is 0.255 e. The number of rotatable bonds is 2. The minimum atomic E-state index is -0.484. The lowest BCUT2D eigenvalue weighted by atomic mass is 10.2. The van der Waals surface area contributed by atoms with Gasteiger partial charge in [0.25, 0.3) is 5.91 Å². The van der Waals surface area contributed by atoms with E-state index in [1.165, 1.54) is 6.20 Å². The number of aromatic nitrogens is 2. The summed E-state index contributed by atoms with van der Waals surface area (Å²) in [4.78, 5) is 11.4. The molecule has 13 heavy (non-hydrogen) atoms. The van der Waals surface area contributed by atoms with E-state index in [0.29, 0.717) is 11.3 Å². The Morgan fingerprint density at radius 2 is 2.54 bits per heavy atom. The van der Waals surface area contributed by atoms with Gasteiger partial charge >= 0.3 is 0 Å². The molecule has 5 heteroatoms. The second kappa shape index (κ2) is 3.72. The van der Waals surface area contributed by atoms with Gasteiger partial charge in [-0.05, 0) is 13.8 Å². The van der Waals surface area contributed by atoms with Gasteiger partial charge in [-0.25, -0.2) is 0 Å². The maximum absolute atomic E-state index is 11.4. The highest BCUT2D eigenvalue weighted by atomic mass is 16.1. The quantitative estimate of drug-likeness (QED) is 0.686. The lowest BCUT2D eigenvalue weighted by Gasteiger charge is -2.04. The van der Waals surface area contributed by atoms with Crippen LogP contribution in [0.1, 0.15) is 23.0 Å². The van der Waals surface area contributed by atoms with Crippen LogP contribution in [0.5, 0.6) is 0 Å². The maximum Gasteiger partial charge on any atom is 0.255 e. The molecule has 1 amide bonds. The number of nitriles is 1. The first kappa shape index (κ1) is 9.26. The zero-order valence-corrected chi connectivity index (χ0v) is 7.46. The number of carbonyl (C=O) groups is 1. The van der Waals surface area contributed by atoms with Crippen LogP contribution >= 0.6 is 0 Å². The maximum atomic E-state index is 11.4. The average molecular weight is 178 g/mol. The van der Waals surface area contributed by atoms with E-state index in [-0.39, 0.29) is 5.91 Å². The van der Waals surface area contributed by atoms with Crippen LogP contribution in [0.15, 0.2) is 6.20 Å². The lowest BCUT2D eigenvalue weighted by Crippen LogP contribution is -2.31. The zero-order chi connectivity index (χ0) is 9.84. The van der Waals surface area contributed by atoms with Crippen LogP contribution in [-0.4, -0.2) is 22.1 Å². The van der Waals surface area contributed by atoms with E-state index in [9.17, 15) is 4.79 Å². The van der Waals surface area contributed by atoms with Crippen molar-refractivity contribution >= 4 is 5.91 Å². The van der Waals surface area contributed by atoms with Crippen molar-refractivity contribution in [3.05, 3.63) is 17.5 Å². The highest BCUT2D eigenvalue weighted by Crippen LogP contribution is 2.01. The third-order valence-electron chi connectivity index (χ3n) is 1.62. The minimum absolute atomic E-state index is 0.277. The largest absolute Gasteiger partial charge is 0.336 e. The van der Waals surface area contributed by atoms with Crippen molar-refractivity contribution in [1.29, 1.82) is 5.26 Å². The summed E-state index contributed by atoms with van der Waals surface area (Å²) in [5.74, 6) is -0.277. The molecule has 0 bridgehead atoms. The number of amides is 1. The Hall–Kier alpha value is -1.83. The molecule has 0 radical (unpaired) electrons. The van der Waals surface area contributed by atoms with Gasteiger partial charge < -0.3 is 5.32 Å². The molecule has 68 valence electrons. The van der Waals surface area contributed by atoms with Gasteiger partial charge in [-0.3, -0.25) is 9.89 Å². The molecular weight excluding hydrogens is 168 g/mol. The summed E-state index contributed by atoms with van der Waals surface area (Å²) in [6.07, 6.45) is 1.44. The van der Waals surface area contributed by atoms with E-state index in [0.717, 1.165) is 0 Å². The molecule has 1 heterocycles. The third kappa shape index (κ3) is 2.06. The van der Waals surface area contributed by atoms with Gasteiger partial charge in [-0.15, -0.1) is 0 Å². The molecule has 1 atom stereocenters. The highest BCUT2D eigenvalue weighted by Gasteiger charge is 2.12. The molecule has 0 aromatic carbocycles. The monoisotopic (exact) mass is 178 g/mol. The number of carbonyl (C=O) groups excluding carboxylic acids is 1. The van der Waals surface area contributed by atoms with E-state index in [4.69, 9.17) is 5.26 Å². The van der Waals surface area contributed by atoms with E-state index < -0.39 is 6.04 Å². The summed E-state index contributed by atoms with van der Waals surface area (Å²) in [6, 6.07) is 1.43. The first-order valence-corrected chi connectivity index (χ1v) is 3.85. The molecule has 1 aromatic heterocycles. The zero-order valence-electron chi connectivity index (χ0n) is 7.46. The van der Waals surface area contributed by atoms with Crippen molar-refractivity contribution < 1.29 is 4.79 Å². The minimum Gasteiger partial charge on any atom is -0.336 e. The molecule has 5 nitrogen and oxygen atoms in total. The van der Waals surface area contributed by atoms with Crippen LogP contribution < -0.4 is 5.32 Å². The van der Waals surface area contributed by atoms with E-state index >= 15 is 0 Å². The Balaban J connectivity index is 2.71. The van der Waals surface area contributed by atoms with Crippen molar-refractivity contribution in [2.75, 3.05) is 0 Å². The topological polar surface area (TPSA) is 81.6 Å². The van der Waals surface area contributed by atoms with Gasteiger partial charge in [0.05, 0.1) is 17.8 Å². The molecule has 0 saturated heterocycles. The number of nitrogens with zero attached hydrogens (tertiary/aromatic N) is 2. The fourth-order valence-corrected chi connectivity index (χ4v) is 0.886. The van der Waals surface area contributed by atoms with Crippen LogP contribution in [0.4, 0.5) is 0 Å². The summed E-state index contributed by atoms with van der Waals surface area (Å²) in [6.45, 7) is 3.37. The van der Waals surface area contributed by atoms with Crippen LogP contribution in [0.25, 0.3) is 0 Å². The van der Waals surface area contributed by atoms with Crippen molar-refractivity contribution in [2.45, 2.75) is 19.9 Å². The number of nitrogens with one attached hydrogen (secondary N) is 2. The number of H-pyrrole nitrogens is 1. The van der Waals surface area contributed by atoms with E-state index in [1.807, 2.05) is 6.07 Å². The summed E-state index contributed by atoms with van der Waals surface area (Å²) < 4.78 is 0. The van der Waals surface area contributed by atoms with Crippen LogP contribution in [-0.2, 0) is 0 Å². The molecule has 0 aliphatic rings. The summed E-state index contributed by atoms with van der Waals surface area (Å²) in [5, 5.41) is 17.3. The predicted octanol–water partition coefficient (Wildman–Crippen LogP) is 0.360. The first-order chi connectivity index (χ1) is 6.15. The average Bonchev–Trinajstić information content (AvgIpc) is 2.51. The van der Waals surface area contributed by atoms with Gasteiger partial charge in [-0.2, -0.15) is 10.4 Å². The van der Waals surface area contributed by atoms with Crippen molar-refractivity contribution in [3.8, 4) is 6.07 Å². The van der Waals surface area contributed by atoms with Gasteiger partial charge in [-0.1, -0.05) is 0 Å². The lowest BCUT2D eigenvalue weighted by molar-refractivity contribution is 0.0947. The molecule has 0 spiro atoms. The third-order valence-corrected chi connectivity index (χ3v) is 1.62. The van der Waals surface area contributed by atoms with Gasteiger partial charge in [0, 0.05) is 5.69 Å². The molecular formula is C8H10N4O. The Bertz CT molecular complexity index is 349. The molecule has 2 N–H and O–H groups in total. The standard InChI is InChI=1S/C8H10N4O/c1-5(3-9)11-8(13)7-4-10-12-6(7)2/h4-5H,1-2H3,(H,10,12)(H,11,13). The van der Waals surface area contributed by atoms with Crippen LogP contribution in [0, 0.1) is 18.3 Å². The fraction of sp³-hybridized carbons (Fsp3) is 0.375. The Kier molecular flexibility index (Phi) is 2.65. The second-order valence-electron chi connectivity index (χ2n) is 2.73. The highest BCUT2D eigenvalue weighted by molar-refractivity contribution is 5.95. The van der Waals surface area contributed by atoms with Gasteiger partial charge in [0.15, 0.2) is 0 Å². The summed E-state index contributed by atoms with van der Waals surface area (Å²) in [7, 11) is 0. The number of hydrogen-bond donors (Lipinski definition) is 2. The molecule has 1 rings (SSSR count). The molecule has 0 saturated carbocycles. The number of hydrogen-bond acceptors (Lipinski definition) is 3. The van der Waals surface area contributed by atoms with Crippen LogP contribution in [0.2, 0.25) is 0 Å². The van der Waals surface area contributed by atoms with Crippen molar-refractivity contribution in [2.24, 2.45) is 0 Å². The van der Waals surface area contributed by atoms with Crippen LogP contribution in [0.3, 0.4) is 0 Å². The normalized spacial score (nSPS) is 11.8. The molecule has 0 fully saturated rings. The van der Waals surface area contributed by atoms with Crippen molar-refractivity contribution in [3.63, 3.8) is 0 Å². The SMILES string of the molecule is Cc1[nH]ncc1C(=O)NC(C)C#N. The second-order valence-corrected chi connectivity index (χ2v) is 2.73. The van der Waals surface area contributed by atoms with E-state index in [1.54, 1.807) is 13.8 Å². The Morgan fingerprint density at radius 3 is 3.00 bits per heavy atom. The molecule has 0 aliphatic carbocycles. The molecule has 0 aliphatic heterocycles. The van der Waals surface area contributed by atoms with Gasteiger partial charge in [0.1, 0.15) is 6.04 Å². The number of aromatic amines is 1. The fourth-order valence-electron chi connectivity index (χ4n) is 0.886. The number of aryl methyl sites for hydroxylation is 1. The Morgan fingerprint density at radius 1 is 1.85 bits per heavy atom. The first-order valence-electron chi connectivity index (χ1n) is 3.85. The van der Waals surface area contributed by atoms with Crippen molar-refractivity contribution in [1.82, 2.24) is 15.5 Å². The predicted molar refractivity (Wildman–Crippen MR) is 45.9 cm³/mol. The molecule has 1 unspecified atom stereocenters.